The lowest BCUT2D eigenvalue weighted by Gasteiger charge is -2.53. The molecule has 6 atom stereocenters. The highest BCUT2D eigenvalue weighted by Crippen LogP contribution is 2.57. The number of hydrogen-bond acceptors (Lipinski definition) is 9. The van der Waals surface area contributed by atoms with Crippen LogP contribution in [0.15, 0.2) is 53.3 Å². The molecule has 4 aliphatic carbocycles. The van der Waals surface area contributed by atoms with E-state index in [4.69, 9.17) is 5.73 Å². The maximum atomic E-state index is 14.3. The quantitative estimate of drug-likeness (QED) is 0.269. The Hall–Kier alpha value is -3.99. The van der Waals surface area contributed by atoms with Crippen LogP contribution < -0.4 is 5.73 Å². The van der Waals surface area contributed by atoms with Crippen LogP contribution in [0.5, 0.6) is 5.75 Å². The fourth-order valence-electron chi connectivity index (χ4n) is 8.58. The van der Waals surface area contributed by atoms with Gasteiger partial charge in [-0.3, -0.25) is 19.3 Å². The highest BCUT2D eigenvalue weighted by atomic mass is 16.4. The van der Waals surface area contributed by atoms with E-state index in [1.54, 1.807) is 19.1 Å². The Labute approximate surface area is 267 Å². The number of likely N-dealkylation sites (N-methyl/N-ethyl adjacent to an activating group) is 1. The van der Waals surface area contributed by atoms with Crippen LogP contribution >= 0.6 is 0 Å². The minimum atomic E-state index is -2.94. The number of hydrogen-bond donors (Lipinski definition) is 6. The number of nitrogens with zero attached hydrogens (tertiary/aromatic N) is 1. The van der Waals surface area contributed by atoms with E-state index in [2.05, 4.69) is 13.0 Å². The molecule has 10 heteroatoms. The largest absolute Gasteiger partial charge is 0.508 e. The number of benzene rings is 2. The topological polar surface area (TPSA) is 182 Å². The second-order valence-electron chi connectivity index (χ2n) is 14.0. The zero-order valence-electron chi connectivity index (χ0n) is 26.5. The van der Waals surface area contributed by atoms with Gasteiger partial charge in [0.1, 0.15) is 22.8 Å². The molecule has 10 nitrogen and oxygen atoms in total. The molecule has 0 aliphatic heterocycles. The standard InChI is InChI=1S/C36H42N2O8/c1-16-8-10-18(11-9-16)14-19-6-5-7-20(15-19)22-13-12-21-17(2)23-25(30(40)24(21)29(22)39)33(43)36(46)27(31(23)41)28(38(3)4)32(42)26(34(36)44)35(37)45/h5-7,12-13,15-18,23,27-28,31,39-41,44,46H,8-11,14H2,1-4H3,(H2,37,45)/t16?,17-,18?,23+,27+,28-,31-,36-/m1/s1. The van der Waals surface area contributed by atoms with Gasteiger partial charge in [-0.1, -0.05) is 63.1 Å². The maximum Gasteiger partial charge on any atom is 0.255 e. The van der Waals surface area contributed by atoms with E-state index in [9.17, 15) is 39.9 Å². The molecule has 0 aromatic heterocycles. The summed E-state index contributed by atoms with van der Waals surface area (Å²) >= 11 is 0. The highest BCUT2D eigenvalue weighted by molar-refractivity contribution is 6.24. The molecule has 4 aliphatic rings. The Balaban J connectivity index is 1.46. The number of carbonyl (C=O) groups excluding carboxylic acids is 3. The molecule has 2 fully saturated rings. The molecule has 6 rings (SSSR count). The zero-order valence-corrected chi connectivity index (χ0v) is 26.5. The lowest BCUT2D eigenvalue weighted by Crippen LogP contribution is -2.70. The number of carbonyl (C=O) groups is 3. The molecule has 0 heterocycles. The van der Waals surface area contributed by atoms with Crippen LogP contribution in [-0.2, 0) is 20.8 Å². The van der Waals surface area contributed by atoms with Gasteiger partial charge in [0.15, 0.2) is 11.4 Å². The Kier molecular flexibility index (Phi) is 7.90. The third-order valence-corrected chi connectivity index (χ3v) is 11.0. The first-order chi connectivity index (χ1) is 21.7. The normalized spacial score (nSPS) is 32.7. The number of rotatable bonds is 5. The van der Waals surface area contributed by atoms with Gasteiger partial charge in [-0.2, -0.15) is 0 Å². The van der Waals surface area contributed by atoms with Gasteiger partial charge in [0.2, 0.25) is 5.78 Å². The van der Waals surface area contributed by atoms with Crippen molar-refractivity contribution in [2.24, 2.45) is 29.4 Å². The first-order valence-electron chi connectivity index (χ1n) is 16.0. The fourth-order valence-corrected chi connectivity index (χ4v) is 8.58. The molecule has 2 aromatic carbocycles. The average Bonchev–Trinajstić information content (AvgIpc) is 3.00. The molecule has 1 amide bonds. The van der Waals surface area contributed by atoms with Gasteiger partial charge in [-0.25, -0.2) is 0 Å². The molecule has 244 valence electrons. The van der Waals surface area contributed by atoms with Gasteiger partial charge in [0.05, 0.1) is 23.6 Å². The number of aromatic hydroxyl groups is 1. The fraction of sp³-hybridized carbons (Fsp3) is 0.472. The van der Waals surface area contributed by atoms with Gasteiger partial charge >= 0.3 is 0 Å². The van der Waals surface area contributed by atoms with Crippen molar-refractivity contribution in [3.05, 3.63) is 70.0 Å². The van der Waals surface area contributed by atoms with E-state index in [1.165, 1.54) is 44.7 Å². The zero-order chi connectivity index (χ0) is 33.4. The number of ketones is 2. The number of primary amides is 1. The van der Waals surface area contributed by atoms with Crippen LogP contribution in [0, 0.1) is 23.7 Å². The van der Waals surface area contributed by atoms with Crippen molar-refractivity contribution in [2.75, 3.05) is 14.1 Å². The molecule has 0 unspecified atom stereocenters. The van der Waals surface area contributed by atoms with Crippen LogP contribution in [0.3, 0.4) is 0 Å². The molecule has 0 saturated heterocycles. The third-order valence-electron chi connectivity index (χ3n) is 11.0. The van der Waals surface area contributed by atoms with E-state index >= 15 is 0 Å². The van der Waals surface area contributed by atoms with E-state index in [0.29, 0.717) is 17.0 Å². The number of phenolic OH excluding ortho intramolecular Hbond substituents is 1. The number of nitrogens with two attached hydrogens (primary N) is 1. The molecule has 0 radical (unpaired) electrons. The predicted molar refractivity (Wildman–Crippen MR) is 171 cm³/mol. The molecule has 2 aromatic rings. The molecule has 0 spiro atoms. The van der Waals surface area contributed by atoms with Crippen molar-refractivity contribution in [3.8, 4) is 16.9 Å². The smallest absolute Gasteiger partial charge is 0.255 e. The van der Waals surface area contributed by atoms with Crippen molar-refractivity contribution in [1.82, 2.24) is 4.90 Å². The van der Waals surface area contributed by atoms with Crippen molar-refractivity contribution in [1.29, 1.82) is 0 Å². The number of amides is 1. The maximum absolute atomic E-state index is 14.3. The molecular formula is C36H42N2O8. The predicted octanol–water partition coefficient (Wildman–Crippen LogP) is 3.53. The first-order valence-corrected chi connectivity index (χ1v) is 16.0. The minimum absolute atomic E-state index is 0.0137. The summed E-state index contributed by atoms with van der Waals surface area (Å²) in [7, 11) is 2.96. The van der Waals surface area contributed by atoms with Gasteiger partial charge in [0, 0.05) is 17.1 Å². The van der Waals surface area contributed by atoms with Crippen LogP contribution in [-0.4, -0.2) is 79.7 Å². The monoisotopic (exact) mass is 630 g/mol. The number of phenols is 1. The molecule has 0 bridgehead atoms. The van der Waals surface area contributed by atoms with Crippen LogP contribution in [0.2, 0.25) is 0 Å². The first kappa shape index (κ1) is 32.0. The summed E-state index contributed by atoms with van der Waals surface area (Å²) in [6.07, 6.45) is 4.09. The van der Waals surface area contributed by atoms with E-state index < -0.39 is 75.6 Å². The summed E-state index contributed by atoms with van der Waals surface area (Å²) in [5.41, 5.74) is 3.88. The van der Waals surface area contributed by atoms with E-state index in [-0.39, 0.29) is 11.3 Å². The second-order valence-corrected chi connectivity index (χ2v) is 14.0. The number of fused-ring (bicyclic) bond motifs is 3. The summed E-state index contributed by atoms with van der Waals surface area (Å²) in [4.78, 5) is 41.2. The Morgan fingerprint density at radius 3 is 2.33 bits per heavy atom. The second kappa shape index (κ2) is 11.4. The van der Waals surface area contributed by atoms with E-state index in [1.807, 2.05) is 18.2 Å². The Bertz CT molecular complexity index is 1700. The Morgan fingerprint density at radius 1 is 1.02 bits per heavy atom. The lowest BCUT2D eigenvalue weighted by molar-refractivity contribution is -0.169. The van der Waals surface area contributed by atoms with Crippen molar-refractivity contribution in [2.45, 2.75) is 69.6 Å². The summed E-state index contributed by atoms with van der Waals surface area (Å²) in [5.74, 6) is -7.61. The number of Topliss-reactive ketones (excluding diaryl/α,β-unsaturated/α-hetero) is 2. The molecule has 46 heavy (non-hydrogen) atoms. The summed E-state index contributed by atoms with van der Waals surface area (Å²) in [6.45, 7) is 4.01. The summed E-state index contributed by atoms with van der Waals surface area (Å²) in [5, 5.41) is 58.2. The van der Waals surface area contributed by atoms with Crippen molar-refractivity contribution in [3.63, 3.8) is 0 Å². The van der Waals surface area contributed by atoms with Crippen molar-refractivity contribution >= 4 is 23.2 Å². The summed E-state index contributed by atoms with van der Waals surface area (Å²) in [6, 6.07) is 9.99. The number of aliphatic hydroxyl groups excluding tert-OH is 3. The van der Waals surface area contributed by atoms with Gasteiger partial charge in [0.25, 0.3) is 5.91 Å². The minimum Gasteiger partial charge on any atom is -0.508 e. The number of aliphatic hydroxyl groups is 4. The highest BCUT2D eigenvalue weighted by Gasteiger charge is 2.68. The molecule has 7 N–H and O–H groups in total. The van der Waals surface area contributed by atoms with Crippen molar-refractivity contribution < 1.29 is 39.9 Å². The van der Waals surface area contributed by atoms with Gasteiger partial charge in [-0.05, 0) is 67.8 Å². The molecular weight excluding hydrogens is 588 g/mol. The van der Waals surface area contributed by atoms with Crippen LogP contribution in [0.25, 0.3) is 16.9 Å². The van der Waals surface area contributed by atoms with E-state index in [0.717, 1.165) is 23.5 Å². The third kappa shape index (κ3) is 4.60. The van der Waals surface area contributed by atoms with Gasteiger partial charge < -0.3 is 31.3 Å². The lowest BCUT2D eigenvalue weighted by atomic mass is 9.54. The molecule has 2 saturated carbocycles. The SMILES string of the molecule is CC1CCC(Cc2cccc(-c3ccc4c(c3O)C(O)=C3C(=O)[C@@]5(O)C(O)=C(C(N)=O)C(=O)[C@H](N(C)C)[C@H]5[C@H](O)[C@H]3[C@@H]4C)c2)CC1. The summed E-state index contributed by atoms with van der Waals surface area (Å²) < 4.78 is 0. The average molecular weight is 631 g/mol. The van der Waals surface area contributed by atoms with Crippen LogP contribution in [0.1, 0.15) is 62.1 Å². The van der Waals surface area contributed by atoms with Gasteiger partial charge in [-0.15, -0.1) is 0 Å². The van der Waals surface area contributed by atoms with Crippen LogP contribution in [0.4, 0.5) is 0 Å². The Morgan fingerprint density at radius 2 is 1.70 bits per heavy atom.